The van der Waals surface area contributed by atoms with Crippen molar-refractivity contribution in [3.8, 4) is 0 Å². The van der Waals surface area contributed by atoms with E-state index >= 15 is 0 Å². The molecule has 1 aliphatic rings. The van der Waals surface area contributed by atoms with Gasteiger partial charge < -0.3 is 5.32 Å². The lowest BCUT2D eigenvalue weighted by molar-refractivity contribution is -0.197. The van der Waals surface area contributed by atoms with Crippen LogP contribution < -0.4 is 15.5 Å². The van der Waals surface area contributed by atoms with Gasteiger partial charge in [-0.1, -0.05) is 11.6 Å². The molecule has 11 heteroatoms. The van der Waals surface area contributed by atoms with Crippen LogP contribution >= 0.6 is 11.6 Å². The number of alkyl halides is 3. The Labute approximate surface area is 160 Å². The summed E-state index contributed by atoms with van der Waals surface area (Å²) in [4.78, 5) is 37.2. The van der Waals surface area contributed by atoms with Crippen molar-refractivity contribution in [1.82, 2.24) is 10.6 Å². The van der Waals surface area contributed by atoms with Crippen molar-refractivity contribution in [2.75, 3.05) is 4.90 Å². The van der Waals surface area contributed by atoms with Crippen molar-refractivity contribution in [2.24, 2.45) is 0 Å². The minimum Gasteiger partial charge on any atom is -0.314 e. The molecule has 1 aliphatic heterocycles. The minimum absolute atomic E-state index is 0.172. The number of urea groups is 1. The molecule has 2 aromatic carbocycles. The summed E-state index contributed by atoms with van der Waals surface area (Å²) in [7, 11) is 0. The number of amides is 4. The number of nitrogens with one attached hydrogen (secondary N) is 2. The lowest BCUT2D eigenvalue weighted by Gasteiger charge is -2.29. The van der Waals surface area contributed by atoms with E-state index in [9.17, 15) is 31.9 Å². The molecule has 6 nitrogen and oxygen atoms in total. The predicted octanol–water partition coefficient (Wildman–Crippen LogP) is 3.22. The zero-order valence-corrected chi connectivity index (χ0v) is 14.4. The third kappa shape index (κ3) is 3.26. The smallest absolute Gasteiger partial charge is 0.314 e. The van der Waals surface area contributed by atoms with Crippen LogP contribution in [0.25, 0.3) is 0 Å². The fraction of sp³-hybridized carbons (Fsp3) is 0.118. The molecular formula is C17H10ClF4N3O3. The number of halogens is 5. The number of carbonyl (C=O) groups excluding carboxylic acids is 3. The number of hydrogen-bond donors (Lipinski definition) is 2. The van der Waals surface area contributed by atoms with Gasteiger partial charge in [-0.15, -0.1) is 0 Å². The zero-order valence-electron chi connectivity index (χ0n) is 13.7. The van der Waals surface area contributed by atoms with Crippen LogP contribution in [0.5, 0.6) is 0 Å². The summed E-state index contributed by atoms with van der Waals surface area (Å²) >= 11 is 5.70. The number of anilines is 1. The molecule has 0 bridgehead atoms. The number of nitrogens with zero attached hydrogens (tertiary/aromatic N) is 1. The van der Waals surface area contributed by atoms with Crippen molar-refractivity contribution < 1.29 is 31.9 Å². The molecule has 146 valence electrons. The highest BCUT2D eigenvalue weighted by atomic mass is 35.5. The maximum atomic E-state index is 13.8. The first-order valence-electron chi connectivity index (χ1n) is 7.62. The third-order valence-corrected chi connectivity index (χ3v) is 4.19. The van der Waals surface area contributed by atoms with Gasteiger partial charge in [-0.3, -0.25) is 14.9 Å². The van der Waals surface area contributed by atoms with Crippen LogP contribution in [0.2, 0.25) is 5.02 Å². The van der Waals surface area contributed by atoms with Gasteiger partial charge in [0.05, 0.1) is 5.69 Å². The Morgan fingerprint density at radius 3 is 2.14 bits per heavy atom. The first-order chi connectivity index (χ1) is 13.0. The molecule has 1 atom stereocenters. The highest BCUT2D eigenvalue weighted by Gasteiger charge is 2.69. The van der Waals surface area contributed by atoms with Crippen LogP contribution in [-0.4, -0.2) is 29.7 Å². The summed E-state index contributed by atoms with van der Waals surface area (Å²) in [6.07, 6.45) is -5.36. The molecule has 0 saturated carbocycles. The van der Waals surface area contributed by atoms with E-state index in [4.69, 9.17) is 11.6 Å². The second kappa shape index (κ2) is 6.79. The van der Waals surface area contributed by atoms with Crippen LogP contribution in [0.15, 0.2) is 48.5 Å². The van der Waals surface area contributed by atoms with E-state index in [-0.39, 0.29) is 21.2 Å². The monoisotopic (exact) mass is 415 g/mol. The van der Waals surface area contributed by atoms with Gasteiger partial charge in [0.2, 0.25) is 0 Å². The predicted molar refractivity (Wildman–Crippen MR) is 90.1 cm³/mol. The molecule has 2 aromatic rings. The molecule has 4 amide bonds. The topological polar surface area (TPSA) is 78.5 Å². The molecule has 3 rings (SSSR count). The van der Waals surface area contributed by atoms with Gasteiger partial charge in [0.25, 0.3) is 17.5 Å². The summed E-state index contributed by atoms with van der Waals surface area (Å²) in [6.45, 7) is 0. The van der Waals surface area contributed by atoms with Crippen LogP contribution in [-0.2, 0) is 4.79 Å². The molecule has 0 spiro atoms. The van der Waals surface area contributed by atoms with Crippen molar-refractivity contribution in [2.45, 2.75) is 11.8 Å². The molecule has 1 saturated heterocycles. The second-order valence-electron chi connectivity index (χ2n) is 5.76. The van der Waals surface area contributed by atoms with Gasteiger partial charge >= 0.3 is 12.2 Å². The molecule has 0 unspecified atom stereocenters. The van der Waals surface area contributed by atoms with Crippen molar-refractivity contribution >= 4 is 35.1 Å². The van der Waals surface area contributed by atoms with Crippen LogP contribution in [0.4, 0.5) is 28.0 Å². The molecule has 0 radical (unpaired) electrons. The van der Waals surface area contributed by atoms with Crippen molar-refractivity contribution in [1.29, 1.82) is 0 Å². The van der Waals surface area contributed by atoms with Gasteiger partial charge in [0, 0.05) is 10.6 Å². The summed E-state index contributed by atoms with van der Waals surface area (Å²) in [5, 5.41) is 3.27. The lowest BCUT2D eigenvalue weighted by atomic mass is 10.1. The van der Waals surface area contributed by atoms with E-state index < -0.39 is 35.5 Å². The van der Waals surface area contributed by atoms with E-state index in [0.29, 0.717) is 0 Å². The van der Waals surface area contributed by atoms with Gasteiger partial charge in [0.15, 0.2) is 0 Å². The standard InChI is InChI=1S/C17H10ClF4N3O3/c18-10-3-7-12(8-4-10)25-14(27)16(17(20,21)22,24-15(25)28)23-13(26)9-1-5-11(19)6-2-9/h1-8H,(H,23,26)(H,24,28)/t16-/m0/s1. The van der Waals surface area contributed by atoms with Crippen LogP contribution in [0, 0.1) is 5.82 Å². The number of rotatable bonds is 3. The van der Waals surface area contributed by atoms with E-state index in [1.54, 1.807) is 0 Å². The van der Waals surface area contributed by atoms with Crippen LogP contribution in [0.1, 0.15) is 10.4 Å². The average molecular weight is 416 g/mol. The quantitative estimate of drug-likeness (QED) is 0.597. The Morgan fingerprint density at radius 1 is 1.04 bits per heavy atom. The maximum Gasteiger partial charge on any atom is 0.440 e. The second-order valence-corrected chi connectivity index (χ2v) is 6.19. The Balaban J connectivity index is 1.99. The van der Waals surface area contributed by atoms with E-state index in [2.05, 4.69) is 0 Å². The molecule has 1 fully saturated rings. The summed E-state index contributed by atoms with van der Waals surface area (Å²) in [6, 6.07) is 7.13. The van der Waals surface area contributed by atoms with E-state index in [1.165, 1.54) is 34.9 Å². The van der Waals surface area contributed by atoms with Gasteiger partial charge in [-0.2, -0.15) is 13.2 Å². The largest absolute Gasteiger partial charge is 0.440 e. The highest BCUT2D eigenvalue weighted by Crippen LogP contribution is 2.36. The van der Waals surface area contributed by atoms with E-state index in [1.807, 2.05) is 0 Å². The molecule has 1 heterocycles. The molecule has 2 N–H and O–H groups in total. The number of carbonyl (C=O) groups is 3. The van der Waals surface area contributed by atoms with Gasteiger partial charge in [-0.25, -0.2) is 14.1 Å². The molecule has 0 aromatic heterocycles. The first-order valence-corrected chi connectivity index (χ1v) is 8.00. The Bertz CT molecular complexity index is 948. The SMILES string of the molecule is O=C(N[C@]1(C(F)(F)F)NC(=O)N(c2ccc(Cl)cc2)C1=O)c1ccc(F)cc1. The zero-order chi connectivity index (χ0) is 20.7. The Morgan fingerprint density at radius 2 is 1.61 bits per heavy atom. The Kier molecular flexibility index (Phi) is 4.76. The molecule has 0 aliphatic carbocycles. The minimum atomic E-state index is -5.36. The normalized spacial score (nSPS) is 19.5. The lowest BCUT2D eigenvalue weighted by Crippen LogP contribution is -2.69. The number of imide groups is 1. The summed E-state index contributed by atoms with van der Waals surface area (Å²) < 4.78 is 54.3. The number of hydrogen-bond acceptors (Lipinski definition) is 3. The third-order valence-electron chi connectivity index (χ3n) is 3.94. The van der Waals surface area contributed by atoms with Crippen molar-refractivity contribution in [3.05, 3.63) is 64.9 Å². The van der Waals surface area contributed by atoms with Gasteiger partial charge in [-0.05, 0) is 48.5 Å². The Hall–Kier alpha value is -3.14. The van der Waals surface area contributed by atoms with Crippen molar-refractivity contribution in [3.63, 3.8) is 0 Å². The number of benzene rings is 2. The summed E-state index contributed by atoms with van der Waals surface area (Å²) in [5.74, 6) is -3.78. The molecular weight excluding hydrogens is 406 g/mol. The average Bonchev–Trinajstić information content (AvgIpc) is 2.87. The fourth-order valence-corrected chi connectivity index (χ4v) is 2.67. The first kappa shape index (κ1) is 19.6. The fourth-order valence-electron chi connectivity index (χ4n) is 2.55. The van der Waals surface area contributed by atoms with Crippen LogP contribution in [0.3, 0.4) is 0 Å². The highest BCUT2D eigenvalue weighted by molar-refractivity contribution is 6.31. The molecule has 28 heavy (non-hydrogen) atoms. The van der Waals surface area contributed by atoms with Gasteiger partial charge in [0.1, 0.15) is 5.82 Å². The van der Waals surface area contributed by atoms with E-state index in [0.717, 1.165) is 24.3 Å². The summed E-state index contributed by atoms with van der Waals surface area (Å²) in [5.41, 5.74) is -4.19. The maximum absolute atomic E-state index is 13.8.